The maximum atomic E-state index is 12.0. The summed E-state index contributed by atoms with van der Waals surface area (Å²) in [5.74, 6) is 1.06. The molecular weight excluding hydrogens is 280 g/mol. The monoisotopic (exact) mass is 304 g/mol. The third-order valence-electron chi connectivity index (χ3n) is 5.02. The molecule has 1 aromatic rings. The molecule has 5 nitrogen and oxygen atoms in total. The minimum absolute atomic E-state index is 0.0658. The molecule has 2 aliphatic rings. The Hall–Kier alpha value is -1.59. The number of carbonyl (C=O) groups excluding carboxylic acids is 1. The highest BCUT2D eigenvalue weighted by Gasteiger charge is 2.47. The van der Waals surface area contributed by atoms with E-state index in [0.29, 0.717) is 6.54 Å². The van der Waals surface area contributed by atoms with Crippen LogP contribution in [-0.4, -0.2) is 53.6 Å². The van der Waals surface area contributed by atoms with Gasteiger partial charge in [-0.1, -0.05) is 6.08 Å². The number of rotatable bonds is 4. The van der Waals surface area contributed by atoms with Crippen molar-refractivity contribution < 1.29 is 13.9 Å². The fraction of sp³-hybridized carbons (Fsp3) is 0.588. The third kappa shape index (κ3) is 2.83. The number of hydrogen-bond acceptors (Lipinski definition) is 4. The quantitative estimate of drug-likeness (QED) is 0.799. The predicted octanol–water partition coefficient (Wildman–Crippen LogP) is 2.05. The van der Waals surface area contributed by atoms with Crippen molar-refractivity contribution in [3.8, 4) is 0 Å². The van der Waals surface area contributed by atoms with Crippen LogP contribution in [0.15, 0.2) is 35.5 Å². The lowest BCUT2D eigenvalue weighted by molar-refractivity contribution is -0.185. The molecule has 1 aromatic heterocycles. The van der Waals surface area contributed by atoms with Crippen LogP contribution in [0.25, 0.3) is 0 Å². The summed E-state index contributed by atoms with van der Waals surface area (Å²) in [5.41, 5.74) is -0.212. The Morgan fingerprint density at radius 1 is 1.45 bits per heavy atom. The van der Waals surface area contributed by atoms with E-state index in [1.54, 1.807) is 12.3 Å². The van der Waals surface area contributed by atoms with Gasteiger partial charge in [0, 0.05) is 19.6 Å². The van der Waals surface area contributed by atoms with Gasteiger partial charge in [0.15, 0.2) is 0 Å². The van der Waals surface area contributed by atoms with E-state index in [9.17, 15) is 4.79 Å². The van der Waals surface area contributed by atoms with Crippen molar-refractivity contribution in [2.45, 2.75) is 38.0 Å². The number of nitrogens with zero attached hydrogens (tertiary/aromatic N) is 2. The summed E-state index contributed by atoms with van der Waals surface area (Å²) < 4.78 is 11.4. The molecule has 2 fully saturated rings. The van der Waals surface area contributed by atoms with Gasteiger partial charge in [0.2, 0.25) is 5.91 Å². The Morgan fingerprint density at radius 2 is 2.23 bits per heavy atom. The molecular formula is C17H24N2O3. The van der Waals surface area contributed by atoms with Crippen molar-refractivity contribution in [2.75, 3.05) is 26.2 Å². The predicted molar refractivity (Wildman–Crippen MR) is 83.3 cm³/mol. The van der Waals surface area contributed by atoms with Crippen molar-refractivity contribution >= 4 is 5.91 Å². The van der Waals surface area contributed by atoms with Crippen LogP contribution in [-0.2, 0) is 16.1 Å². The Kier molecular flexibility index (Phi) is 4.36. The fourth-order valence-electron chi connectivity index (χ4n) is 3.58. The lowest BCUT2D eigenvalue weighted by atomic mass is 9.82. The van der Waals surface area contributed by atoms with Crippen molar-refractivity contribution in [1.29, 1.82) is 0 Å². The minimum atomic E-state index is -0.212. The second kappa shape index (κ2) is 6.26. The third-order valence-corrected chi connectivity index (χ3v) is 5.02. The van der Waals surface area contributed by atoms with E-state index in [2.05, 4.69) is 18.4 Å². The summed E-state index contributed by atoms with van der Waals surface area (Å²) in [6, 6.07) is 4.03. The van der Waals surface area contributed by atoms with E-state index in [-0.39, 0.29) is 24.2 Å². The summed E-state index contributed by atoms with van der Waals surface area (Å²) in [4.78, 5) is 16.3. The number of hydrogen-bond donors (Lipinski definition) is 0. The van der Waals surface area contributed by atoms with Gasteiger partial charge in [-0.05, 0) is 31.9 Å². The largest absolute Gasteiger partial charge is 0.468 e. The lowest BCUT2D eigenvalue weighted by Crippen LogP contribution is -2.63. The highest BCUT2D eigenvalue weighted by Crippen LogP contribution is 2.35. The summed E-state index contributed by atoms with van der Waals surface area (Å²) in [6.07, 6.45) is 5.39. The van der Waals surface area contributed by atoms with Gasteiger partial charge >= 0.3 is 0 Å². The molecule has 5 heteroatoms. The molecule has 1 spiro atoms. The van der Waals surface area contributed by atoms with E-state index in [0.717, 1.165) is 38.2 Å². The maximum Gasteiger partial charge on any atom is 0.249 e. The molecule has 1 amide bonds. The first-order chi connectivity index (χ1) is 10.6. The Labute approximate surface area is 131 Å². The topological polar surface area (TPSA) is 45.9 Å². The number of piperidine rings is 1. The molecule has 2 aliphatic heterocycles. The molecule has 0 aromatic carbocycles. The second-order valence-electron chi connectivity index (χ2n) is 6.22. The zero-order valence-electron chi connectivity index (χ0n) is 13.2. The van der Waals surface area contributed by atoms with Crippen LogP contribution in [0, 0.1) is 0 Å². The van der Waals surface area contributed by atoms with Crippen LogP contribution in [0.4, 0.5) is 0 Å². The normalized spacial score (nSPS) is 25.6. The molecule has 0 bridgehead atoms. The van der Waals surface area contributed by atoms with Gasteiger partial charge < -0.3 is 14.1 Å². The molecule has 120 valence electrons. The maximum absolute atomic E-state index is 12.0. The minimum Gasteiger partial charge on any atom is -0.468 e. The van der Waals surface area contributed by atoms with Crippen LogP contribution >= 0.6 is 0 Å². The number of amides is 1. The van der Waals surface area contributed by atoms with Crippen molar-refractivity contribution in [1.82, 2.24) is 9.80 Å². The molecule has 0 N–H and O–H groups in total. The first kappa shape index (κ1) is 15.3. The van der Waals surface area contributed by atoms with Gasteiger partial charge in [0.05, 0.1) is 24.5 Å². The second-order valence-corrected chi connectivity index (χ2v) is 6.22. The van der Waals surface area contributed by atoms with Gasteiger partial charge in [-0.2, -0.15) is 0 Å². The van der Waals surface area contributed by atoms with E-state index in [1.165, 1.54) is 0 Å². The summed E-state index contributed by atoms with van der Waals surface area (Å²) in [7, 11) is 0. The van der Waals surface area contributed by atoms with Crippen molar-refractivity contribution in [3.05, 3.63) is 36.8 Å². The summed E-state index contributed by atoms with van der Waals surface area (Å²) >= 11 is 0. The zero-order valence-corrected chi connectivity index (χ0v) is 13.2. The molecule has 1 atom stereocenters. The standard InChI is InChI=1S/C17H24N2O3/c1-3-8-19-14(2)17(22-13-16(19)20)6-9-18(10-7-17)12-15-5-4-11-21-15/h3-5,11,14H,1,6-10,12-13H2,2H3/t14-/m0/s1. The average Bonchev–Trinajstić information content (AvgIpc) is 3.03. The fourth-order valence-corrected chi connectivity index (χ4v) is 3.58. The van der Waals surface area contributed by atoms with Crippen molar-refractivity contribution in [2.24, 2.45) is 0 Å². The van der Waals surface area contributed by atoms with Crippen LogP contribution in [0.3, 0.4) is 0 Å². The van der Waals surface area contributed by atoms with E-state index in [1.807, 2.05) is 17.0 Å². The number of furan rings is 1. The Balaban J connectivity index is 1.63. The average molecular weight is 304 g/mol. The Bertz CT molecular complexity index is 518. The number of morpholine rings is 1. The number of likely N-dealkylation sites (tertiary alicyclic amines) is 1. The van der Waals surface area contributed by atoms with E-state index < -0.39 is 0 Å². The molecule has 0 radical (unpaired) electrons. The first-order valence-electron chi connectivity index (χ1n) is 7.94. The molecule has 0 aliphatic carbocycles. The van der Waals surface area contributed by atoms with Gasteiger partial charge in [-0.15, -0.1) is 6.58 Å². The van der Waals surface area contributed by atoms with E-state index in [4.69, 9.17) is 9.15 Å². The van der Waals surface area contributed by atoms with Gasteiger partial charge in [-0.3, -0.25) is 9.69 Å². The molecule has 22 heavy (non-hydrogen) atoms. The van der Waals surface area contributed by atoms with Crippen LogP contribution in [0.2, 0.25) is 0 Å². The Morgan fingerprint density at radius 3 is 2.86 bits per heavy atom. The highest BCUT2D eigenvalue weighted by atomic mass is 16.5. The number of ether oxygens (including phenoxy) is 1. The van der Waals surface area contributed by atoms with Crippen molar-refractivity contribution in [3.63, 3.8) is 0 Å². The summed E-state index contributed by atoms with van der Waals surface area (Å²) in [5, 5.41) is 0. The lowest BCUT2D eigenvalue weighted by Gasteiger charge is -2.51. The smallest absolute Gasteiger partial charge is 0.249 e. The van der Waals surface area contributed by atoms with Gasteiger partial charge in [0.1, 0.15) is 12.4 Å². The molecule has 3 heterocycles. The van der Waals surface area contributed by atoms with Gasteiger partial charge in [0.25, 0.3) is 0 Å². The molecule has 2 saturated heterocycles. The van der Waals surface area contributed by atoms with Crippen LogP contribution in [0.1, 0.15) is 25.5 Å². The molecule has 0 saturated carbocycles. The van der Waals surface area contributed by atoms with Crippen LogP contribution in [0.5, 0.6) is 0 Å². The molecule has 0 unspecified atom stereocenters. The molecule has 3 rings (SSSR count). The van der Waals surface area contributed by atoms with E-state index >= 15 is 0 Å². The SMILES string of the molecule is C=CCN1C(=O)COC2(CCN(Cc3ccco3)CC2)[C@@H]1C. The number of carbonyl (C=O) groups is 1. The first-order valence-corrected chi connectivity index (χ1v) is 7.94. The summed E-state index contributed by atoms with van der Waals surface area (Å²) in [6.45, 7) is 9.41. The van der Waals surface area contributed by atoms with Gasteiger partial charge in [-0.25, -0.2) is 0 Å². The highest BCUT2D eigenvalue weighted by molar-refractivity contribution is 5.79. The zero-order chi connectivity index (χ0) is 15.6. The van der Waals surface area contributed by atoms with Crippen LogP contribution < -0.4 is 0 Å².